The van der Waals surface area contributed by atoms with E-state index >= 15 is 0 Å². The van der Waals surface area contributed by atoms with Crippen molar-refractivity contribution in [2.75, 3.05) is 35.9 Å². The first-order valence-corrected chi connectivity index (χ1v) is 9.95. The molecule has 0 radical (unpaired) electrons. The van der Waals surface area contributed by atoms with Crippen LogP contribution in [0.15, 0.2) is 36.4 Å². The summed E-state index contributed by atoms with van der Waals surface area (Å²) < 4.78 is 32.1. The van der Waals surface area contributed by atoms with Gasteiger partial charge in [0, 0.05) is 24.3 Å². The molecular formula is C17H20N4O3S. The number of nitrogens with zero attached hydrogens (tertiary/aromatic N) is 3. The number of sulfonamides is 1. The fourth-order valence-corrected chi connectivity index (χ4v) is 4.19. The van der Waals surface area contributed by atoms with E-state index in [0.29, 0.717) is 24.6 Å². The maximum Gasteiger partial charge on any atom is 0.235 e. The van der Waals surface area contributed by atoms with Crippen LogP contribution in [0.25, 0.3) is 11.3 Å². The summed E-state index contributed by atoms with van der Waals surface area (Å²) in [5.74, 6) is 0.831. The lowest BCUT2D eigenvalue weighted by atomic mass is 10.1. The number of hydrogen-bond acceptors (Lipinski definition) is 6. The molecule has 1 aliphatic carbocycles. The second-order valence-corrected chi connectivity index (χ2v) is 8.26. The van der Waals surface area contributed by atoms with Gasteiger partial charge in [0.05, 0.1) is 24.2 Å². The van der Waals surface area contributed by atoms with Crippen LogP contribution in [0, 0.1) is 0 Å². The van der Waals surface area contributed by atoms with Crippen molar-refractivity contribution in [2.45, 2.75) is 18.1 Å². The fourth-order valence-electron chi connectivity index (χ4n) is 2.81. The smallest absolute Gasteiger partial charge is 0.235 e. The molecule has 4 rings (SSSR count). The third kappa shape index (κ3) is 3.74. The molecule has 0 unspecified atom stereocenters. The van der Waals surface area contributed by atoms with Crippen LogP contribution in [0.5, 0.6) is 0 Å². The van der Waals surface area contributed by atoms with Gasteiger partial charge in [-0.3, -0.25) is 4.72 Å². The molecule has 0 amide bonds. The Morgan fingerprint density at radius 3 is 2.56 bits per heavy atom. The zero-order valence-corrected chi connectivity index (χ0v) is 14.6. The Balaban J connectivity index is 1.52. The normalized spacial score (nSPS) is 18.2. The molecule has 2 fully saturated rings. The number of anilines is 2. The molecule has 1 aromatic carbocycles. The highest BCUT2D eigenvalue weighted by Gasteiger charge is 2.35. The van der Waals surface area contributed by atoms with Gasteiger partial charge in [-0.25, -0.2) is 8.42 Å². The summed E-state index contributed by atoms with van der Waals surface area (Å²) in [6.45, 7) is 3.03. The monoisotopic (exact) mass is 360 g/mol. The number of rotatable bonds is 5. The number of aromatic nitrogens is 2. The molecule has 2 heterocycles. The molecule has 1 N–H and O–H groups in total. The second kappa shape index (κ2) is 6.61. The van der Waals surface area contributed by atoms with Crippen molar-refractivity contribution >= 4 is 21.5 Å². The molecule has 2 aromatic rings. The highest BCUT2D eigenvalue weighted by Crippen LogP contribution is 2.30. The van der Waals surface area contributed by atoms with E-state index in [1.54, 1.807) is 12.1 Å². The number of morpholine rings is 1. The standard InChI is InChI=1S/C17H20N4O3S/c22-25(23,15-4-5-15)20-14-3-1-2-13(12-14)16-6-7-17(19-18-16)21-8-10-24-11-9-21/h1-3,6-7,12,15,20H,4-5,8-11H2. The highest BCUT2D eigenvalue weighted by atomic mass is 32.2. The van der Waals surface area contributed by atoms with E-state index in [1.165, 1.54) is 0 Å². The Morgan fingerprint density at radius 1 is 1.08 bits per heavy atom. The number of hydrogen-bond donors (Lipinski definition) is 1. The van der Waals surface area contributed by atoms with Crippen LogP contribution in [-0.4, -0.2) is 50.2 Å². The molecule has 1 aromatic heterocycles. The van der Waals surface area contributed by atoms with Crippen molar-refractivity contribution in [1.82, 2.24) is 10.2 Å². The van der Waals surface area contributed by atoms with Crippen molar-refractivity contribution in [3.63, 3.8) is 0 Å². The molecule has 1 aliphatic heterocycles. The van der Waals surface area contributed by atoms with Crippen molar-refractivity contribution in [1.29, 1.82) is 0 Å². The average Bonchev–Trinajstić information content (AvgIpc) is 3.48. The van der Waals surface area contributed by atoms with E-state index in [0.717, 1.165) is 37.3 Å². The Hall–Kier alpha value is -2.19. The van der Waals surface area contributed by atoms with Crippen LogP contribution in [-0.2, 0) is 14.8 Å². The molecule has 1 saturated carbocycles. The molecule has 2 aliphatic rings. The second-order valence-electron chi connectivity index (χ2n) is 6.30. The Morgan fingerprint density at radius 2 is 1.88 bits per heavy atom. The van der Waals surface area contributed by atoms with Gasteiger partial charge in [0.15, 0.2) is 5.82 Å². The third-order valence-corrected chi connectivity index (χ3v) is 6.24. The summed E-state index contributed by atoms with van der Waals surface area (Å²) in [5, 5.41) is 8.36. The maximum absolute atomic E-state index is 12.1. The predicted octanol–water partition coefficient (Wildman–Crippen LogP) is 1.88. The van der Waals surface area contributed by atoms with Crippen molar-refractivity contribution in [2.24, 2.45) is 0 Å². The first-order valence-electron chi connectivity index (χ1n) is 8.40. The molecule has 0 spiro atoms. The summed E-state index contributed by atoms with van der Waals surface area (Å²) in [7, 11) is -3.26. The number of ether oxygens (including phenoxy) is 1. The minimum absolute atomic E-state index is 0.247. The van der Waals surface area contributed by atoms with E-state index in [-0.39, 0.29) is 5.25 Å². The van der Waals surface area contributed by atoms with Gasteiger partial charge < -0.3 is 9.64 Å². The molecule has 0 atom stereocenters. The largest absolute Gasteiger partial charge is 0.378 e. The van der Waals surface area contributed by atoms with Crippen LogP contribution in [0.4, 0.5) is 11.5 Å². The summed E-state index contributed by atoms with van der Waals surface area (Å²) in [5.41, 5.74) is 2.10. The highest BCUT2D eigenvalue weighted by molar-refractivity contribution is 7.93. The molecule has 0 bridgehead atoms. The van der Waals surface area contributed by atoms with E-state index in [1.807, 2.05) is 24.3 Å². The zero-order chi connectivity index (χ0) is 17.3. The summed E-state index contributed by atoms with van der Waals surface area (Å²) >= 11 is 0. The van der Waals surface area contributed by atoms with Gasteiger partial charge in [-0.05, 0) is 37.1 Å². The summed E-state index contributed by atoms with van der Waals surface area (Å²) in [6, 6.07) is 11.1. The first kappa shape index (κ1) is 16.3. The van der Waals surface area contributed by atoms with Gasteiger partial charge >= 0.3 is 0 Å². The van der Waals surface area contributed by atoms with Crippen LogP contribution in [0.1, 0.15) is 12.8 Å². The third-order valence-electron chi connectivity index (χ3n) is 4.37. The first-order chi connectivity index (χ1) is 12.1. The minimum atomic E-state index is -3.26. The van der Waals surface area contributed by atoms with Crippen LogP contribution in [0.3, 0.4) is 0 Å². The molecule has 7 nitrogen and oxygen atoms in total. The molecule has 25 heavy (non-hydrogen) atoms. The lowest BCUT2D eigenvalue weighted by Crippen LogP contribution is -2.36. The van der Waals surface area contributed by atoms with E-state index in [2.05, 4.69) is 19.8 Å². The molecule has 132 valence electrons. The van der Waals surface area contributed by atoms with Crippen LogP contribution in [0.2, 0.25) is 0 Å². The zero-order valence-electron chi connectivity index (χ0n) is 13.8. The topological polar surface area (TPSA) is 84.4 Å². The molecular weight excluding hydrogens is 340 g/mol. The Kier molecular flexibility index (Phi) is 4.30. The predicted molar refractivity (Wildman–Crippen MR) is 96.1 cm³/mol. The van der Waals surface area contributed by atoms with Crippen molar-refractivity contribution in [3.05, 3.63) is 36.4 Å². The van der Waals surface area contributed by atoms with Crippen LogP contribution < -0.4 is 9.62 Å². The quantitative estimate of drug-likeness (QED) is 0.876. The van der Waals surface area contributed by atoms with E-state index in [4.69, 9.17) is 4.74 Å². The van der Waals surface area contributed by atoms with Gasteiger partial charge in [0.25, 0.3) is 0 Å². The van der Waals surface area contributed by atoms with Gasteiger partial charge in [-0.1, -0.05) is 12.1 Å². The van der Waals surface area contributed by atoms with Crippen molar-refractivity contribution in [3.8, 4) is 11.3 Å². The van der Waals surface area contributed by atoms with Crippen molar-refractivity contribution < 1.29 is 13.2 Å². The van der Waals surface area contributed by atoms with Gasteiger partial charge in [-0.15, -0.1) is 10.2 Å². The SMILES string of the molecule is O=S(=O)(Nc1cccc(-c2ccc(N3CCOCC3)nn2)c1)C1CC1. The maximum atomic E-state index is 12.1. The lowest BCUT2D eigenvalue weighted by Gasteiger charge is -2.27. The van der Waals surface area contributed by atoms with Gasteiger partial charge in [-0.2, -0.15) is 0 Å². The molecule has 1 saturated heterocycles. The lowest BCUT2D eigenvalue weighted by molar-refractivity contribution is 0.122. The minimum Gasteiger partial charge on any atom is -0.378 e. The van der Waals surface area contributed by atoms with Gasteiger partial charge in [0.1, 0.15) is 0 Å². The number of benzene rings is 1. The summed E-state index contributed by atoms with van der Waals surface area (Å²) in [4.78, 5) is 2.14. The Labute approximate surface area is 147 Å². The summed E-state index contributed by atoms with van der Waals surface area (Å²) in [6.07, 6.45) is 1.48. The van der Waals surface area contributed by atoms with E-state index < -0.39 is 10.0 Å². The number of nitrogens with one attached hydrogen (secondary N) is 1. The Bertz CT molecular complexity index is 844. The average molecular weight is 360 g/mol. The van der Waals surface area contributed by atoms with Gasteiger partial charge in [0.2, 0.25) is 10.0 Å². The van der Waals surface area contributed by atoms with E-state index in [9.17, 15) is 8.42 Å². The fraction of sp³-hybridized carbons (Fsp3) is 0.412. The molecule has 8 heteroatoms. The van der Waals surface area contributed by atoms with Crippen LogP contribution >= 0.6 is 0 Å².